The Bertz CT molecular complexity index is 422. The summed E-state index contributed by atoms with van der Waals surface area (Å²) in [6.45, 7) is 5.98. The van der Waals surface area contributed by atoms with Crippen molar-refractivity contribution >= 4 is 5.97 Å². The van der Waals surface area contributed by atoms with E-state index in [2.05, 4.69) is 41.5 Å². The Kier molecular flexibility index (Phi) is 7.40. The number of esters is 1. The zero-order valence-electron chi connectivity index (χ0n) is 13.7. The molecule has 1 unspecified atom stereocenters. The van der Waals surface area contributed by atoms with Gasteiger partial charge < -0.3 is 15.0 Å². The Morgan fingerprint density at radius 1 is 1.29 bits per heavy atom. The summed E-state index contributed by atoms with van der Waals surface area (Å²) in [4.78, 5) is 14.2. The molecular formula is C17H28N2O2. The third kappa shape index (κ3) is 5.86. The zero-order valence-corrected chi connectivity index (χ0v) is 13.7. The van der Waals surface area contributed by atoms with Gasteiger partial charge in [0.05, 0.1) is 6.61 Å². The molecular weight excluding hydrogens is 264 g/mol. The Morgan fingerprint density at radius 2 is 1.95 bits per heavy atom. The summed E-state index contributed by atoms with van der Waals surface area (Å²) in [6.07, 6.45) is 1.75. The van der Waals surface area contributed by atoms with Gasteiger partial charge in [-0.3, -0.25) is 4.79 Å². The van der Waals surface area contributed by atoms with Gasteiger partial charge in [-0.15, -0.1) is 0 Å². The molecule has 0 aliphatic carbocycles. The van der Waals surface area contributed by atoms with Crippen LogP contribution >= 0.6 is 0 Å². The normalized spacial score (nSPS) is 14.0. The SMILES string of the molecule is CCOC(=O)C(C)(CCN(C)CCc1ccccc1)NC. The van der Waals surface area contributed by atoms with Crippen LogP contribution in [0.15, 0.2) is 30.3 Å². The fourth-order valence-corrected chi connectivity index (χ4v) is 2.11. The van der Waals surface area contributed by atoms with E-state index in [0.29, 0.717) is 6.61 Å². The third-order valence-corrected chi connectivity index (χ3v) is 3.90. The van der Waals surface area contributed by atoms with E-state index < -0.39 is 5.54 Å². The molecule has 0 saturated carbocycles. The van der Waals surface area contributed by atoms with E-state index in [9.17, 15) is 4.79 Å². The molecule has 0 aromatic heterocycles. The van der Waals surface area contributed by atoms with Gasteiger partial charge in [0.25, 0.3) is 0 Å². The van der Waals surface area contributed by atoms with Crippen LogP contribution in [0.2, 0.25) is 0 Å². The van der Waals surface area contributed by atoms with Crippen molar-refractivity contribution in [2.75, 3.05) is 33.8 Å². The van der Waals surface area contributed by atoms with Crippen LogP contribution < -0.4 is 5.32 Å². The molecule has 1 aromatic rings. The summed E-state index contributed by atoms with van der Waals surface area (Å²) in [5.41, 5.74) is 0.725. The predicted octanol–water partition coefficient (Wildman–Crippen LogP) is 2.09. The summed E-state index contributed by atoms with van der Waals surface area (Å²) < 4.78 is 5.14. The van der Waals surface area contributed by atoms with E-state index in [4.69, 9.17) is 4.74 Å². The molecule has 0 bridgehead atoms. The number of carbonyl (C=O) groups is 1. The number of hydrogen-bond acceptors (Lipinski definition) is 4. The van der Waals surface area contributed by atoms with Crippen LogP contribution in [0.4, 0.5) is 0 Å². The second-order valence-electron chi connectivity index (χ2n) is 5.59. The van der Waals surface area contributed by atoms with E-state index in [0.717, 1.165) is 25.9 Å². The smallest absolute Gasteiger partial charge is 0.326 e. The topological polar surface area (TPSA) is 41.6 Å². The molecule has 21 heavy (non-hydrogen) atoms. The van der Waals surface area contributed by atoms with Crippen LogP contribution in [0, 0.1) is 0 Å². The number of likely N-dealkylation sites (N-methyl/N-ethyl adjacent to an activating group) is 2. The Hall–Kier alpha value is -1.39. The second-order valence-corrected chi connectivity index (χ2v) is 5.59. The van der Waals surface area contributed by atoms with Crippen molar-refractivity contribution in [2.24, 2.45) is 0 Å². The van der Waals surface area contributed by atoms with Crippen molar-refractivity contribution in [1.29, 1.82) is 0 Å². The number of nitrogens with zero attached hydrogens (tertiary/aromatic N) is 1. The molecule has 0 aliphatic rings. The van der Waals surface area contributed by atoms with E-state index in [1.807, 2.05) is 19.9 Å². The summed E-state index contributed by atoms with van der Waals surface area (Å²) >= 11 is 0. The molecule has 4 heteroatoms. The lowest BCUT2D eigenvalue weighted by Crippen LogP contribution is -2.50. The highest BCUT2D eigenvalue weighted by Gasteiger charge is 2.32. The van der Waals surface area contributed by atoms with Crippen molar-refractivity contribution in [3.63, 3.8) is 0 Å². The Balaban J connectivity index is 2.40. The van der Waals surface area contributed by atoms with E-state index in [1.54, 1.807) is 7.05 Å². The minimum absolute atomic E-state index is 0.177. The number of rotatable bonds is 9. The maximum absolute atomic E-state index is 12.0. The summed E-state index contributed by atoms with van der Waals surface area (Å²) in [7, 11) is 3.89. The molecule has 0 fully saturated rings. The number of ether oxygens (including phenoxy) is 1. The zero-order chi connectivity index (χ0) is 15.7. The first-order valence-electron chi connectivity index (χ1n) is 7.60. The van der Waals surface area contributed by atoms with Gasteiger partial charge in [-0.2, -0.15) is 0 Å². The molecule has 0 amide bonds. The molecule has 1 atom stereocenters. The summed E-state index contributed by atoms with van der Waals surface area (Å²) in [6, 6.07) is 10.4. The van der Waals surface area contributed by atoms with Crippen molar-refractivity contribution in [3.8, 4) is 0 Å². The van der Waals surface area contributed by atoms with E-state index in [-0.39, 0.29) is 5.97 Å². The number of benzene rings is 1. The van der Waals surface area contributed by atoms with Gasteiger partial charge in [0.15, 0.2) is 0 Å². The van der Waals surface area contributed by atoms with Gasteiger partial charge in [0, 0.05) is 13.1 Å². The van der Waals surface area contributed by atoms with Crippen LogP contribution in [0.25, 0.3) is 0 Å². The maximum Gasteiger partial charge on any atom is 0.326 e. The van der Waals surface area contributed by atoms with Gasteiger partial charge in [-0.05, 0) is 46.3 Å². The van der Waals surface area contributed by atoms with Crippen molar-refractivity contribution in [2.45, 2.75) is 32.2 Å². The minimum atomic E-state index is -0.614. The Labute approximate surface area is 128 Å². The number of nitrogens with one attached hydrogen (secondary N) is 1. The summed E-state index contributed by atoms with van der Waals surface area (Å²) in [5.74, 6) is -0.177. The highest BCUT2D eigenvalue weighted by atomic mass is 16.5. The van der Waals surface area contributed by atoms with Gasteiger partial charge in [-0.1, -0.05) is 30.3 Å². The quantitative estimate of drug-likeness (QED) is 0.708. The summed E-state index contributed by atoms with van der Waals surface area (Å²) in [5, 5.41) is 3.09. The molecule has 0 saturated heterocycles. The average Bonchev–Trinajstić information content (AvgIpc) is 2.51. The molecule has 4 nitrogen and oxygen atoms in total. The van der Waals surface area contributed by atoms with E-state index in [1.165, 1.54) is 5.56 Å². The van der Waals surface area contributed by atoms with Gasteiger partial charge in [0.2, 0.25) is 0 Å². The number of hydrogen-bond donors (Lipinski definition) is 1. The van der Waals surface area contributed by atoms with Gasteiger partial charge in [0.1, 0.15) is 5.54 Å². The maximum atomic E-state index is 12.0. The third-order valence-electron chi connectivity index (χ3n) is 3.90. The van der Waals surface area contributed by atoms with E-state index >= 15 is 0 Å². The van der Waals surface area contributed by atoms with Crippen molar-refractivity contribution < 1.29 is 9.53 Å². The molecule has 1 rings (SSSR count). The minimum Gasteiger partial charge on any atom is -0.465 e. The van der Waals surface area contributed by atoms with Gasteiger partial charge in [-0.25, -0.2) is 0 Å². The molecule has 118 valence electrons. The van der Waals surface area contributed by atoms with Crippen molar-refractivity contribution in [1.82, 2.24) is 10.2 Å². The van der Waals surface area contributed by atoms with Crippen LogP contribution in [0.3, 0.4) is 0 Å². The second kappa shape index (κ2) is 8.80. The first-order chi connectivity index (χ1) is 10.0. The monoisotopic (exact) mass is 292 g/mol. The highest BCUT2D eigenvalue weighted by Crippen LogP contribution is 2.12. The average molecular weight is 292 g/mol. The van der Waals surface area contributed by atoms with Crippen LogP contribution in [-0.4, -0.2) is 50.2 Å². The fourth-order valence-electron chi connectivity index (χ4n) is 2.11. The lowest BCUT2D eigenvalue weighted by atomic mass is 9.98. The predicted molar refractivity (Wildman–Crippen MR) is 86.4 cm³/mol. The molecule has 0 radical (unpaired) electrons. The van der Waals surface area contributed by atoms with Gasteiger partial charge >= 0.3 is 5.97 Å². The first-order valence-corrected chi connectivity index (χ1v) is 7.60. The molecule has 0 spiro atoms. The van der Waals surface area contributed by atoms with Crippen LogP contribution in [0.5, 0.6) is 0 Å². The molecule has 1 N–H and O–H groups in total. The highest BCUT2D eigenvalue weighted by molar-refractivity contribution is 5.80. The molecule has 1 aromatic carbocycles. The first kappa shape index (κ1) is 17.7. The van der Waals surface area contributed by atoms with Crippen LogP contribution in [-0.2, 0) is 16.0 Å². The number of carbonyl (C=O) groups excluding carboxylic acids is 1. The van der Waals surface area contributed by atoms with Crippen LogP contribution in [0.1, 0.15) is 25.8 Å². The Morgan fingerprint density at radius 3 is 2.52 bits per heavy atom. The lowest BCUT2D eigenvalue weighted by Gasteiger charge is -2.29. The lowest BCUT2D eigenvalue weighted by molar-refractivity contribution is -0.150. The standard InChI is InChI=1S/C17H28N2O2/c1-5-21-16(20)17(2,18-3)12-14-19(4)13-11-15-9-7-6-8-10-15/h6-10,18H,5,11-14H2,1-4H3. The fraction of sp³-hybridized carbons (Fsp3) is 0.588. The largest absolute Gasteiger partial charge is 0.465 e. The van der Waals surface area contributed by atoms with Crippen molar-refractivity contribution in [3.05, 3.63) is 35.9 Å². The molecule has 0 aliphatic heterocycles. The molecule has 0 heterocycles.